The van der Waals surface area contributed by atoms with Gasteiger partial charge in [-0.05, 0) is 54.7 Å². The summed E-state index contributed by atoms with van der Waals surface area (Å²) in [6.07, 6.45) is 2.79. The van der Waals surface area contributed by atoms with Crippen molar-refractivity contribution in [3.63, 3.8) is 0 Å². The quantitative estimate of drug-likeness (QED) is 0.576. The van der Waals surface area contributed by atoms with Gasteiger partial charge >= 0.3 is 0 Å². The Balaban J connectivity index is 2.00. The molecule has 0 saturated heterocycles. The molecule has 0 spiro atoms. The Morgan fingerprint density at radius 3 is 2.55 bits per heavy atom. The Labute approximate surface area is 178 Å². The van der Waals surface area contributed by atoms with E-state index in [1.807, 2.05) is 0 Å². The number of rotatable bonds is 7. The van der Waals surface area contributed by atoms with Crippen molar-refractivity contribution in [2.45, 2.75) is 18.8 Å². The third kappa shape index (κ3) is 4.00. The summed E-state index contributed by atoms with van der Waals surface area (Å²) in [7, 11) is -2.22. The highest BCUT2D eigenvalue weighted by molar-refractivity contribution is 7.92. The van der Waals surface area contributed by atoms with E-state index in [-0.39, 0.29) is 41.9 Å². The molecule has 2 N–H and O–H groups in total. The number of nitrogens with one attached hydrogen (secondary N) is 1. The standard InChI is InChI=1S/C21H22FN3O5S/c1-23-20(27)17-16-11-15(12-3-4-12)19(25(9-10-26)31(2,28)29)24-21(16)30-18(17)13-5-7-14(22)8-6-13/h5-8,11-12,26H,3-4,9-10H2,1-2H3,(H,23,27). The molecular formula is C21H22FN3O5S. The molecule has 0 atom stereocenters. The van der Waals surface area contributed by atoms with Crippen LogP contribution in [-0.4, -0.2) is 50.9 Å². The van der Waals surface area contributed by atoms with Crippen molar-refractivity contribution in [3.05, 3.63) is 47.3 Å². The average Bonchev–Trinajstić information content (AvgIpc) is 3.51. The van der Waals surface area contributed by atoms with Gasteiger partial charge in [-0.1, -0.05) is 0 Å². The number of nitrogens with zero attached hydrogens (tertiary/aromatic N) is 2. The molecule has 31 heavy (non-hydrogen) atoms. The van der Waals surface area contributed by atoms with Crippen molar-refractivity contribution in [3.8, 4) is 11.3 Å². The SMILES string of the molecule is CNC(=O)c1c(-c2ccc(F)cc2)oc2nc(N(CCO)S(C)(=O)=O)c(C3CC3)cc12. The number of aliphatic hydroxyl groups excluding tert-OH is 1. The van der Waals surface area contributed by atoms with Crippen LogP contribution in [0.2, 0.25) is 0 Å². The van der Waals surface area contributed by atoms with Crippen LogP contribution in [0.25, 0.3) is 22.4 Å². The number of halogens is 1. The second kappa shape index (κ2) is 7.93. The molecule has 0 bridgehead atoms. The van der Waals surface area contributed by atoms with Gasteiger partial charge in [0.25, 0.3) is 5.91 Å². The minimum absolute atomic E-state index is 0.0870. The predicted molar refractivity (Wildman–Crippen MR) is 114 cm³/mol. The maximum Gasteiger partial charge on any atom is 0.255 e. The molecule has 2 aromatic heterocycles. The summed E-state index contributed by atoms with van der Waals surface area (Å²) in [5, 5.41) is 12.4. The summed E-state index contributed by atoms with van der Waals surface area (Å²) in [5.41, 5.74) is 1.51. The molecular weight excluding hydrogens is 425 g/mol. The van der Waals surface area contributed by atoms with Crippen LogP contribution in [-0.2, 0) is 10.0 Å². The molecule has 3 aromatic rings. The molecule has 1 fully saturated rings. The highest BCUT2D eigenvalue weighted by Crippen LogP contribution is 2.46. The molecule has 2 heterocycles. The first-order valence-corrected chi connectivity index (χ1v) is 11.6. The number of pyridine rings is 1. The first-order chi connectivity index (χ1) is 14.7. The van der Waals surface area contributed by atoms with Gasteiger partial charge in [0.05, 0.1) is 30.4 Å². The molecule has 10 heteroatoms. The van der Waals surface area contributed by atoms with Gasteiger partial charge in [0.15, 0.2) is 0 Å². The third-order valence-electron chi connectivity index (χ3n) is 5.21. The topological polar surface area (TPSA) is 113 Å². The number of furan rings is 1. The third-order valence-corrected chi connectivity index (χ3v) is 6.36. The Morgan fingerprint density at radius 1 is 1.32 bits per heavy atom. The molecule has 8 nitrogen and oxygen atoms in total. The lowest BCUT2D eigenvalue weighted by atomic mass is 10.0. The van der Waals surface area contributed by atoms with Crippen molar-refractivity contribution in [1.29, 1.82) is 0 Å². The normalized spacial score (nSPS) is 14.1. The number of anilines is 1. The Hall–Kier alpha value is -2.98. The largest absolute Gasteiger partial charge is 0.437 e. The lowest BCUT2D eigenvalue weighted by Crippen LogP contribution is -2.34. The maximum absolute atomic E-state index is 13.4. The van der Waals surface area contributed by atoms with Crippen molar-refractivity contribution < 1.29 is 27.1 Å². The van der Waals surface area contributed by atoms with Crippen molar-refractivity contribution in [2.24, 2.45) is 0 Å². The highest BCUT2D eigenvalue weighted by Gasteiger charge is 2.34. The van der Waals surface area contributed by atoms with E-state index in [1.165, 1.54) is 31.3 Å². The van der Waals surface area contributed by atoms with E-state index in [0.29, 0.717) is 16.5 Å². The second-order valence-corrected chi connectivity index (χ2v) is 9.39. The van der Waals surface area contributed by atoms with E-state index in [9.17, 15) is 22.7 Å². The fourth-order valence-electron chi connectivity index (χ4n) is 3.60. The number of carbonyl (C=O) groups excluding carboxylic acids is 1. The maximum atomic E-state index is 13.4. The van der Waals surface area contributed by atoms with Crippen LogP contribution in [0.15, 0.2) is 34.7 Å². The van der Waals surface area contributed by atoms with E-state index < -0.39 is 21.7 Å². The summed E-state index contributed by atoms with van der Waals surface area (Å²) in [6, 6.07) is 7.26. The molecule has 1 amide bonds. The summed E-state index contributed by atoms with van der Waals surface area (Å²) in [4.78, 5) is 17.2. The molecule has 1 saturated carbocycles. The molecule has 0 aliphatic heterocycles. The zero-order chi connectivity index (χ0) is 22.3. The van der Waals surface area contributed by atoms with Crippen molar-refractivity contribution in [2.75, 3.05) is 30.8 Å². The zero-order valence-electron chi connectivity index (χ0n) is 17.1. The van der Waals surface area contributed by atoms with Crippen LogP contribution in [0.4, 0.5) is 10.2 Å². The number of aromatic nitrogens is 1. The van der Waals surface area contributed by atoms with E-state index in [4.69, 9.17) is 4.42 Å². The van der Waals surface area contributed by atoms with E-state index in [1.54, 1.807) is 6.07 Å². The number of carbonyl (C=O) groups is 1. The minimum atomic E-state index is -3.71. The lowest BCUT2D eigenvalue weighted by Gasteiger charge is -2.22. The molecule has 0 radical (unpaired) electrons. The number of sulfonamides is 1. The minimum Gasteiger partial charge on any atom is -0.437 e. The molecule has 1 aromatic carbocycles. The van der Waals surface area contributed by atoms with Gasteiger partial charge in [0.1, 0.15) is 17.4 Å². The Bertz CT molecular complexity index is 1250. The van der Waals surface area contributed by atoms with Gasteiger partial charge in [0.2, 0.25) is 15.7 Å². The van der Waals surface area contributed by atoms with Crippen LogP contribution in [0.3, 0.4) is 0 Å². The van der Waals surface area contributed by atoms with Crippen LogP contribution in [0.1, 0.15) is 34.7 Å². The zero-order valence-corrected chi connectivity index (χ0v) is 17.9. The van der Waals surface area contributed by atoms with E-state index in [2.05, 4.69) is 10.3 Å². The number of amides is 1. The molecule has 164 valence electrons. The first-order valence-electron chi connectivity index (χ1n) is 9.78. The number of hydrogen-bond acceptors (Lipinski definition) is 6. The predicted octanol–water partition coefficient (Wildman–Crippen LogP) is 2.63. The molecule has 4 rings (SSSR count). The molecule has 1 aliphatic carbocycles. The average molecular weight is 447 g/mol. The van der Waals surface area contributed by atoms with Gasteiger partial charge in [-0.3, -0.25) is 9.10 Å². The van der Waals surface area contributed by atoms with Gasteiger partial charge in [0, 0.05) is 12.6 Å². The molecule has 0 unspecified atom stereocenters. The number of aliphatic hydroxyl groups is 1. The van der Waals surface area contributed by atoms with Gasteiger partial charge < -0.3 is 14.8 Å². The monoisotopic (exact) mass is 447 g/mol. The van der Waals surface area contributed by atoms with Gasteiger partial charge in [-0.2, -0.15) is 4.98 Å². The van der Waals surface area contributed by atoms with Crippen LogP contribution in [0, 0.1) is 5.82 Å². The fraction of sp³-hybridized carbons (Fsp3) is 0.333. The van der Waals surface area contributed by atoms with Gasteiger partial charge in [-0.15, -0.1) is 0 Å². The smallest absolute Gasteiger partial charge is 0.255 e. The Morgan fingerprint density at radius 2 is 2.00 bits per heavy atom. The van der Waals surface area contributed by atoms with Crippen LogP contribution < -0.4 is 9.62 Å². The number of hydrogen-bond donors (Lipinski definition) is 2. The number of fused-ring (bicyclic) bond motifs is 1. The molecule has 1 aliphatic rings. The summed E-state index contributed by atoms with van der Waals surface area (Å²) in [5.74, 6) is -0.310. The van der Waals surface area contributed by atoms with Crippen molar-refractivity contribution >= 4 is 32.8 Å². The summed E-state index contributed by atoms with van der Waals surface area (Å²) in [6.45, 7) is -0.524. The summed E-state index contributed by atoms with van der Waals surface area (Å²) < 4.78 is 45.1. The van der Waals surface area contributed by atoms with Crippen LogP contribution >= 0.6 is 0 Å². The Kier molecular flexibility index (Phi) is 5.44. The van der Waals surface area contributed by atoms with Gasteiger partial charge in [-0.25, -0.2) is 12.8 Å². The van der Waals surface area contributed by atoms with Crippen molar-refractivity contribution in [1.82, 2.24) is 10.3 Å². The van der Waals surface area contributed by atoms with Crippen LogP contribution in [0.5, 0.6) is 0 Å². The summed E-state index contributed by atoms with van der Waals surface area (Å²) >= 11 is 0. The second-order valence-electron chi connectivity index (χ2n) is 7.48. The first kappa shape index (κ1) is 21.3. The fourth-order valence-corrected chi connectivity index (χ4v) is 4.47. The van der Waals surface area contributed by atoms with E-state index in [0.717, 1.165) is 23.4 Å². The lowest BCUT2D eigenvalue weighted by molar-refractivity contribution is 0.0964. The number of benzene rings is 1. The highest BCUT2D eigenvalue weighted by atomic mass is 32.2. The van der Waals surface area contributed by atoms with E-state index >= 15 is 0 Å².